The van der Waals surface area contributed by atoms with Crippen LogP contribution in [-0.2, 0) is 24.4 Å². The number of fused-ring (bicyclic) bond motifs is 1. The van der Waals surface area contributed by atoms with Crippen LogP contribution in [0.2, 0.25) is 10.0 Å². The first-order valence-electron chi connectivity index (χ1n) is 15.6. The molecular weight excluding hydrogens is 613 g/mol. The molecule has 1 N–H and O–H groups in total. The van der Waals surface area contributed by atoms with Gasteiger partial charge in [0.15, 0.2) is 5.75 Å². The number of aliphatic carboxylic acids is 1. The Bertz CT molecular complexity index is 1660. The summed E-state index contributed by atoms with van der Waals surface area (Å²) in [6.45, 7) is 4.79. The molecule has 0 atom stereocenters. The fourth-order valence-corrected chi connectivity index (χ4v) is 7.05. The van der Waals surface area contributed by atoms with Crippen molar-refractivity contribution in [3.63, 3.8) is 0 Å². The average Bonchev–Trinajstić information content (AvgIpc) is 3.39. The minimum atomic E-state index is -0.729. The number of hydrogen-bond donors (Lipinski definition) is 1. The van der Waals surface area contributed by atoms with Gasteiger partial charge in [-0.3, -0.25) is 9.69 Å². The maximum atomic E-state index is 11.2. The summed E-state index contributed by atoms with van der Waals surface area (Å²) in [4.78, 5) is 34.5. The van der Waals surface area contributed by atoms with Crippen molar-refractivity contribution < 1.29 is 14.6 Å². The summed E-state index contributed by atoms with van der Waals surface area (Å²) in [7, 11) is 0. The molecule has 0 unspecified atom stereocenters. The van der Waals surface area contributed by atoms with Gasteiger partial charge in [0.25, 0.3) is 0 Å². The highest BCUT2D eigenvalue weighted by Gasteiger charge is 2.28. The number of imidazole rings is 1. The van der Waals surface area contributed by atoms with Gasteiger partial charge in [-0.2, -0.15) is 0 Å². The minimum absolute atomic E-state index is 0.221. The van der Waals surface area contributed by atoms with E-state index in [1.807, 2.05) is 30.5 Å². The van der Waals surface area contributed by atoms with Gasteiger partial charge in [0.1, 0.15) is 5.82 Å². The van der Waals surface area contributed by atoms with Crippen LogP contribution >= 0.6 is 23.2 Å². The topological polar surface area (TPSA) is 109 Å². The van der Waals surface area contributed by atoms with E-state index in [-0.39, 0.29) is 12.3 Å². The van der Waals surface area contributed by atoms with Crippen molar-refractivity contribution in [2.45, 2.75) is 64.1 Å². The van der Waals surface area contributed by atoms with Crippen molar-refractivity contribution >= 4 is 35.1 Å². The third-order valence-electron chi connectivity index (χ3n) is 9.10. The number of pyridine rings is 1. The molecule has 12 heteroatoms. The standard InChI is InChI=1S/C33H35Cl2N7O3/c34-25-13-24(14-26(35)15-25)29-10-22(19-40-6-4-21(5-7-40)12-31(43)44)11-30(39-29)45-28-17-37-33(38-18-28)41-8-9-42-27(20-41)16-36-32(42)23-2-1-3-23/h10-11,13-18,21,23H,1-9,12,19-20H2,(H,43,44). The van der Waals surface area contributed by atoms with Crippen LogP contribution in [0.1, 0.15) is 61.5 Å². The molecule has 5 heterocycles. The number of aromatic nitrogens is 5. The van der Waals surface area contributed by atoms with Crippen molar-refractivity contribution in [2.75, 3.05) is 24.5 Å². The van der Waals surface area contributed by atoms with Gasteiger partial charge in [0.2, 0.25) is 11.8 Å². The molecule has 3 aliphatic rings. The van der Waals surface area contributed by atoms with Crippen LogP contribution < -0.4 is 9.64 Å². The Morgan fingerprint density at radius 1 is 0.911 bits per heavy atom. The summed E-state index contributed by atoms with van der Waals surface area (Å²) < 4.78 is 8.59. The molecule has 2 aliphatic heterocycles. The lowest BCUT2D eigenvalue weighted by atomic mass is 9.85. The molecule has 45 heavy (non-hydrogen) atoms. The minimum Gasteiger partial charge on any atom is -0.481 e. The van der Waals surface area contributed by atoms with E-state index in [0.717, 1.165) is 56.7 Å². The number of nitrogens with zero attached hydrogens (tertiary/aromatic N) is 7. The van der Waals surface area contributed by atoms with E-state index in [1.165, 1.54) is 30.8 Å². The second kappa shape index (κ2) is 12.9. The van der Waals surface area contributed by atoms with Gasteiger partial charge >= 0.3 is 5.97 Å². The molecule has 1 saturated heterocycles. The van der Waals surface area contributed by atoms with Crippen molar-refractivity contribution in [3.8, 4) is 22.9 Å². The smallest absolute Gasteiger partial charge is 0.303 e. The summed E-state index contributed by atoms with van der Waals surface area (Å²) in [6, 6.07) is 9.31. The summed E-state index contributed by atoms with van der Waals surface area (Å²) in [5.74, 6) is 2.90. The van der Waals surface area contributed by atoms with E-state index in [4.69, 9.17) is 37.9 Å². The van der Waals surface area contributed by atoms with Crippen molar-refractivity contribution in [1.29, 1.82) is 0 Å². The number of piperidine rings is 1. The van der Waals surface area contributed by atoms with Crippen LogP contribution in [0.25, 0.3) is 11.3 Å². The molecule has 7 rings (SSSR count). The Hall–Kier alpha value is -3.73. The Morgan fingerprint density at radius 3 is 2.36 bits per heavy atom. The summed E-state index contributed by atoms with van der Waals surface area (Å²) in [5, 5.41) is 10.2. The number of benzene rings is 1. The van der Waals surface area contributed by atoms with E-state index < -0.39 is 5.97 Å². The van der Waals surface area contributed by atoms with Crippen molar-refractivity contribution in [2.24, 2.45) is 5.92 Å². The molecule has 10 nitrogen and oxygen atoms in total. The van der Waals surface area contributed by atoms with Crippen molar-refractivity contribution in [1.82, 2.24) is 29.4 Å². The van der Waals surface area contributed by atoms with Crippen LogP contribution in [0.15, 0.2) is 48.9 Å². The van der Waals surface area contributed by atoms with E-state index in [0.29, 0.717) is 45.8 Å². The number of rotatable bonds is 9. The third-order valence-corrected chi connectivity index (χ3v) is 9.54. The normalized spacial score (nSPS) is 17.6. The maximum Gasteiger partial charge on any atom is 0.303 e. The number of hydrogen-bond acceptors (Lipinski definition) is 8. The molecular formula is C33H35Cl2N7O3. The lowest BCUT2D eigenvalue weighted by molar-refractivity contribution is -0.138. The predicted octanol–water partition coefficient (Wildman–Crippen LogP) is 6.81. The largest absolute Gasteiger partial charge is 0.481 e. The molecule has 1 aromatic carbocycles. The monoisotopic (exact) mass is 647 g/mol. The van der Waals surface area contributed by atoms with Crippen LogP contribution in [0.4, 0.5) is 5.95 Å². The van der Waals surface area contributed by atoms with Gasteiger partial charge in [-0.05, 0) is 74.5 Å². The molecule has 1 aliphatic carbocycles. The molecule has 0 amide bonds. The van der Waals surface area contributed by atoms with E-state index in [9.17, 15) is 9.90 Å². The van der Waals surface area contributed by atoms with Crippen LogP contribution in [0.5, 0.6) is 11.6 Å². The van der Waals surface area contributed by atoms with Gasteiger partial charge < -0.3 is 19.3 Å². The Kier molecular flexibility index (Phi) is 8.61. The maximum absolute atomic E-state index is 11.2. The number of carboxylic acid groups (broad SMARTS) is 1. The zero-order chi connectivity index (χ0) is 30.9. The van der Waals surface area contributed by atoms with E-state index in [1.54, 1.807) is 18.5 Å². The Labute approximate surface area is 272 Å². The Balaban J connectivity index is 1.07. The zero-order valence-electron chi connectivity index (χ0n) is 24.9. The third kappa shape index (κ3) is 6.93. The molecule has 0 bridgehead atoms. The SMILES string of the molecule is O=C(O)CC1CCN(Cc2cc(Oc3cnc(N4CCn5c(cnc5C5CCC5)C4)nc3)nc(-c3cc(Cl)cc(Cl)c3)c2)CC1. The number of carbonyl (C=O) groups is 1. The molecule has 0 spiro atoms. The lowest BCUT2D eigenvalue weighted by Crippen LogP contribution is -2.35. The Morgan fingerprint density at radius 2 is 1.67 bits per heavy atom. The average molecular weight is 649 g/mol. The van der Waals surface area contributed by atoms with Gasteiger partial charge in [-0.25, -0.2) is 19.9 Å². The first-order valence-corrected chi connectivity index (χ1v) is 16.3. The molecule has 2 fully saturated rings. The molecule has 234 valence electrons. The van der Waals surface area contributed by atoms with Gasteiger partial charge in [0, 0.05) is 53.6 Å². The zero-order valence-corrected chi connectivity index (χ0v) is 26.4. The molecule has 1 saturated carbocycles. The second-order valence-electron chi connectivity index (χ2n) is 12.3. The van der Waals surface area contributed by atoms with E-state index in [2.05, 4.69) is 24.3 Å². The van der Waals surface area contributed by atoms with Crippen LogP contribution in [0.3, 0.4) is 0 Å². The van der Waals surface area contributed by atoms with Crippen LogP contribution in [-0.4, -0.2) is 60.1 Å². The number of halogens is 2. The van der Waals surface area contributed by atoms with E-state index >= 15 is 0 Å². The second-order valence-corrected chi connectivity index (χ2v) is 13.2. The molecule has 0 radical (unpaired) electrons. The highest BCUT2D eigenvalue weighted by atomic mass is 35.5. The van der Waals surface area contributed by atoms with Gasteiger partial charge in [-0.15, -0.1) is 0 Å². The number of likely N-dealkylation sites (tertiary alicyclic amines) is 1. The number of ether oxygens (including phenoxy) is 1. The summed E-state index contributed by atoms with van der Waals surface area (Å²) >= 11 is 12.7. The number of carboxylic acids is 1. The quantitative estimate of drug-likeness (QED) is 0.209. The molecule has 4 aromatic rings. The fourth-order valence-electron chi connectivity index (χ4n) is 6.52. The fraction of sp³-hybridized carbons (Fsp3) is 0.424. The first-order chi connectivity index (χ1) is 21.9. The van der Waals surface area contributed by atoms with Gasteiger partial charge in [-0.1, -0.05) is 29.6 Å². The first kappa shape index (κ1) is 30.0. The molecule has 3 aromatic heterocycles. The van der Waals surface area contributed by atoms with Gasteiger partial charge in [0.05, 0.1) is 36.5 Å². The van der Waals surface area contributed by atoms with Crippen LogP contribution in [0, 0.1) is 5.92 Å². The lowest BCUT2D eigenvalue weighted by Gasteiger charge is -2.31. The summed E-state index contributed by atoms with van der Waals surface area (Å²) in [6.07, 6.45) is 11.1. The predicted molar refractivity (Wildman–Crippen MR) is 172 cm³/mol. The highest BCUT2D eigenvalue weighted by molar-refractivity contribution is 6.35. The highest BCUT2D eigenvalue weighted by Crippen LogP contribution is 2.37. The van der Waals surface area contributed by atoms with Crippen molar-refractivity contribution in [3.05, 3.63) is 76.0 Å². The summed E-state index contributed by atoms with van der Waals surface area (Å²) in [5.41, 5.74) is 3.70. The number of anilines is 1.